The molecule has 0 bridgehead atoms. The van der Waals surface area contributed by atoms with Crippen LogP contribution in [0, 0.1) is 13.8 Å². The van der Waals surface area contributed by atoms with Crippen molar-refractivity contribution in [2.45, 2.75) is 46.7 Å². The molecule has 96 valence electrons. The van der Waals surface area contributed by atoms with E-state index in [1.165, 1.54) is 17.0 Å². The van der Waals surface area contributed by atoms with Gasteiger partial charge in [-0.3, -0.25) is 4.79 Å². The van der Waals surface area contributed by atoms with Gasteiger partial charge < -0.3 is 15.0 Å². The summed E-state index contributed by atoms with van der Waals surface area (Å²) in [6.45, 7) is 8.96. The van der Waals surface area contributed by atoms with Crippen molar-refractivity contribution in [3.05, 3.63) is 23.0 Å². The molecule has 1 heterocycles. The standard InChI is InChI=1S/C13H22N2O2/c1-4-15-10(2)8-12(11(15)3)9-14-7-5-6-13(16)17/h8,14H,4-7,9H2,1-3H3,(H,16,17). The third-order valence-electron chi connectivity index (χ3n) is 3.05. The predicted octanol–water partition coefficient (Wildman–Crippen LogP) is 2.08. The number of aromatic nitrogens is 1. The highest BCUT2D eigenvalue weighted by Crippen LogP contribution is 2.14. The number of nitrogens with zero attached hydrogens (tertiary/aromatic N) is 1. The number of nitrogens with one attached hydrogen (secondary N) is 1. The Hall–Kier alpha value is -1.29. The molecule has 0 saturated carbocycles. The molecule has 0 amide bonds. The maximum Gasteiger partial charge on any atom is 0.303 e. The molecule has 0 spiro atoms. The van der Waals surface area contributed by atoms with Gasteiger partial charge in [-0.25, -0.2) is 0 Å². The first-order chi connectivity index (χ1) is 8.06. The number of carbonyl (C=O) groups is 1. The second kappa shape index (κ2) is 6.45. The van der Waals surface area contributed by atoms with E-state index in [9.17, 15) is 4.79 Å². The first-order valence-electron chi connectivity index (χ1n) is 6.14. The number of aryl methyl sites for hydroxylation is 1. The summed E-state index contributed by atoms with van der Waals surface area (Å²) in [7, 11) is 0. The Labute approximate surface area is 103 Å². The van der Waals surface area contributed by atoms with Crippen molar-refractivity contribution in [1.29, 1.82) is 0 Å². The lowest BCUT2D eigenvalue weighted by Gasteiger charge is -2.07. The highest BCUT2D eigenvalue weighted by atomic mass is 16.4. The summed E-state index contributed by atoms with van der Waals surface area (Å²) in [4.78, 5) is 10.3. The number of carboxylic acids is 1. The van der Waals surface area contributed by atoms with Crippen molar-refractivity contribution < 1.29 is 9.90 Å². The van der Waals surface area contributed by atoms with E-state index < -0.39 is 5.97 Å². The molecular weight excluding hydrogens is 216 g/mol. The van der Waals surface area contributed by atoms with Crippen molar-refractivity contribution in [1.82, 2.24) is 9.88 Å². The van der Waals surface area contributed by atoms with E-state index in [2.05, 4.69) is 36.7 Å². The topological polar surface area (TPSA) is 54.3 Å². The number of carboxylic acid groups (broad SMARTS) is 1. The van der Waals surface area contributed by atoms with Crippen molar-refractivity contribution >= 4 is 5.97 Å². The van der Waals surface area contributed by atoms with Gasteiger partial charge >= 0.3 is 5.97 Å². The molecule has 0 atom stereocenters. The van der Waals surface area contributed by atoms with E-state index in [0.29, 0.717) is 6.42 Å². The van der Waals surface area contributed by atoms with Crippen molar-refractivity contribution in [3.8, 4) is 0 Å². The maximum atomic E-state index is 10.3. The Bertz CT molecular complexity index is 383. The van der Waals surface area contributed by atoms with Crippen LogP contribution in [0.1, 0.15) is 36.7 Å². The first-order valence-corrected chi connectivity index (χ1v) is 6.14. The zero-order valence-corrected chi connectivity index (χ0v) is 10.9. The van der Waals surface area contributed by atoms with Crippen molar-refractivity contribution in [2.24, 2.45) is 0 Å². The fourth-order valence-electron chi connectivity index (χ4n) is 2.13. The van der Waals surface area contributed by atoms with E-state index >= 15 is 0 Å². The molecule has 0 aromatic carbocycles. The van der Waals surface area contributed by atoms with Crippen LogP contribution in [0.2, 0.25) is 0 Å². The number of aliphatic carboxylic acids is 1. The lowest BCUT2D eigenvalue weighted by atomic mass is 10.2. The zero-order chi connectivity index (χ0) is 12.8. The van der Waals surface area contributed by atoms with Gasteiger partial charge in [-0.15, -0.1) is 0 Å². The maximum absolute atomic E-state index is 10.3. The average molecular weight is 238 g/mol. The largest absolute Gasteiger partial charge is 0.481 e. The normalized spacial score (nSPS) is 10.8. The minimum absolute atomic E-state index is 0.237. The SMILES string of the molecule is CCn1c(C)cc(CNCCCC(=O)O)c1C. The van der Waals surface area contributed by atoms with Crippen molar-refractivity contribution in [2.75, 3.05) is 6.54 Å². The van der Waals surface area contributed by atoms with Gasteiger partial charge in [0.25, 0.3) is 0 Å². The second-order valence-corrected chi connectivity index (χ2v) is 4.31. The van der Waals surface area contributed by atoms with E-state index in [-0.39, 0.29) is 6.42 Å². The first kappa shape index (κ1) is 13.8. The summed E-state index contributed by atoms with van der Waals surface area (Å²) in [5.41, 5.74) is 3.89. The summed E-state index contributed by atoms with van der Waals surface area (Å²) >= 11 is 0. The van der Waals surface area contributed by atoms with Gasteiger partial charge in [0.1, 0.15) is 0 Å². The van der Waals surface area contributed by atoms with Gasteiger partial charge in [0.05, 0.1) is 0 Å². The summed E-state index contributed by atoms with van der Waals surface area (Å²) < 4.78 is 2.29. The minimum Gasteiger partial charge on any atom is -0.481 e. The van der Waals surface area contributed by atoms with Gasteiger partial charge in [0, 0.05) is 30.9 Å². The van der Waals surface area contributed by atoms with Gasteiger partial charge in [0.2, 0.25) is 0 Å². The molecule has 4 nitrogen and oxygen atoms in total. The van der Waals surface area contributed by atoms with Crippen LogP contribution in [0.3, 0.4) is 0 Å². The van der Waals surface area contributed by atoms with Crippen LogP contribution in [-0.2, 0) is 17.9 Å². The van der Waals surface area contributed by atoms with E-state index in [4.69, 9.17) is 5.11 Å². The van der Waals surface area contributed by atoms with Crippen LogP contribution in [0.4, 0.5) is 0 Å². The van der Waals surface area contributed by atoms with Crippen LogP contribution >= 0.6 is 0 Å². The molecule has 0 aliphatic carbocycles. The highest BCUT2D eigenvalue weighted by Gasteiger charge is 2.06. The quantitative estimate of drug-likeness (QED) is 0.715. The van der Waals surface area contributed by atoms with Crippen LogP contribution in [0.5, 0.6) is 0 Å². The Morgan fingerprint density at radius 1 is 1.47 bits per heavy atom. The monoisotopic (exact) mass is 238 g/mol. The lowest BCUT2D eigenvalue weighted by molar-refractivity contribution is -0.137. The second-order valence-electron chi connectivity index (χ2n) is 4.31. The zero-order valence-electron chi connectivity index (χ0n) is 10.9. The third kappa shape index (κ3) is 3.89. The summed E-state index contributed by atoms with van der Waals surface area (Å²) in [5.74, 6) is -0.726. The summed E-state index contributed by atoms with van der Waals surface area (Å²) in [5, 5.41) is 11.8. The third-order valence-corrected chi connectivity index (χ3v) is 3.05. The Morgan fingerprint density at radius 3 is 2.71 bits per heavy atom. The van der Waals surface area contributed by atoms with Crippen LogP contribution in [0.25, 0.3) is 0 Å². The molecule has 2 N–H and O–H groups in total. The molecule has 0 unspecified atom stereocenters. The Balaban J connectivity index is 2.39. The van der Waals surface area contributed by atoms with E-state index in [1.54, 1.807) is 0 Å². The van der Waals surface area contributed by atoms with E-state index in [1.807, 2.05) is 0 Å². The molecule has 17 heavy (non-hydrogen) atoms. The molecule has 4 heteroatoms. The van der Waals surface area contributed by atoms with Gasteiger partial charge in [-0.2, -0.15) is 0 Å². The van der Waals surface area contributed by atoms with Crippen LogP contribution in [0.15, 0.2) is 6.07 Å². The minimum atomic E-state index is -0.726. The van der Waals surface area contributed by atoms with Gasteiger partial charge in [0.15, 0.2) is 0 Å². The van der Waals surface area contributed by atoms with Crippen LogP contribution in [-0.4, -0.2) is 22.2 Å². The van der Waals surface area contributed by atoms with Gasteiger partial charge in [-0.05, 0) is 45.4 Å². The molecule has 0 fully saturated rings. The predicted molar refractivity (Wildman–Crippen MR) is 68.2 cm³/mol. The molecule has 1 aromatic heterocycles. The molecule has 0 saturated heterocycles. The smallest absolute Gasteiger partial charge is 0.303 e. The Morgan fingerprint density at radius 2 is 2.18 bits per heavy atom. The fourth-order valence-corrected chi connectivity index (χ4v) is 2.13. The molecule has 0 aliphatic rings. The van der Waals surface area contributed by atoms with Crippen LogP contribution < -0.4 is 5.32 Å². The lowest BCUT2D eigenvalue weighted by Crippen LogP contribution is -2.16. The molecular formula is C13H22N2O2. The molecule has 0 radical (unpaired) electrons. The summed E-state index contributed by atoms with van der Waals surface area (Å²) in [6, 6.07) is 2.20. The average Bonchev–Trinajstić information content (AvgIpc) is 2.53. The molecule has 1 aromatic rings. The number of rotatable bonds is 7. The molecule has 1 rings (SSSR count). The Kier molecular flexibility index (Phi) is 5.22. The molecule has 0 aliphatic heterocycles. The number of hydrogen-bond donors (Lipinski definition) is 2. The fraction of sp³-hybridized carbons (Fsp3) is 0.615. The summed E-state index contributed by atoms with van der Waals surface area (Å²) in [6.07, 6.45) is 0.919. The van der Waals surface area contributed by atoms with E-state index in [0.717, 1.165) is 19.6 Å². The number of hydrogen-bond acceptors (Lipinski definition) is 2. The van der Waals surface area contributed by atoms with Crippen molar-refractivity contribution in [3.63, 3.8) is 0 Å². The highest BCUT2D eigenvalue weighted by molar-refractivity contribution is 5.66. The van der Waals surface area contributed by atoms with Gasteiger partial charge in [-0.1, -0.05) is 0 Å².